The van der Waals surface area contributed by atoms with Crippen LogP contribution in [0.1, 0.15) is 31.9 Å². The second kappa shape index (κ2) is 9.61. The Kier molecular flexibility index (Phi) is 6.72. The molecule has 0 aliphatic rings. The third-order valence-corrected chi connectivity index (χ3v) is 7.40. The average molecular weight is 520 g/mol. The predicted octanol–water partition coefficient (Wildman–Crippen LogP) is 5.78. The lowest BCUT2D eigenvalue weighted by atomic mass is 9.87. The molecule has 0 saturated carbocycles. The molecule has 182 valence electrons. The third kappa shape index (κ3) is 5.03. The van der Waals surface area contributed by atoms with Gasteiger partial charge in [-0.1, -0.05) is 50.6 Å². The number of nitriles is 1. The van der Waals surface area contributed by atoms with Crippen LogP contribution in [-0.2, 0) is 15.3 Å². The van der Waals surface area contributed by atoms with Crippen molar-refractivity contribution >= 4 is 33.2 Å². The maximum absolute atomic E-state index is 13.4. The van der Waals surface area contributed by atoms with Crippen LogP contribution in [0.5, 0.6) is 11.6 Å². The summed E-state index contributed by atoms with van der Waals surface area (Å²) in [5, 5.41) is 10.1. The molecule has 4 aromatic rings. The molecule has 2 heterocycles. The molecule has 0 spiro atoms. The van der Waals surface area contributed by atoms with Crippen molar-refractivity contribution in [2.75, 3.05) is 0 Å². The van der Waals surface area contributed by atoms with Gasteiger partial charge in [0.25, 0.3) is 5.56 Å². The highest BCUT2D eigenvalue weighted by Gasteiger charge is 2.24. The van der Waals surface area contributed by atoms with E-state index < -0.39 is 20.3 Å². The van der Waals surface area contributed by atoms with Crippen molar-refractivity contribution < 1.29 is 13.2 Å². The van der Waals surface area contributed by atoms with Gasteiger partial charge < -0.3 is 4.74 Å². The van der Waals surface area contributed by atoms with Crippen molar-refractivity contribution in [1.82, 2.24) is 9.38 Å². The van der Waals surface area contributed by atoms with Crippen molar-refractivity contribution in [2.45, 2.75) is 31.1 Å². The van der Waals surface area contributed by atoms with E-state index in [0.717, 1.165) is 11.6 Å². The van der Waals surface area contributed by atoms with Crippen molar-refractivity contribution in [2.24, 2.45) is 0 Å². The lowest BCUT2D eigenvalue weighted by molar-refractivity contribution is 0.460. The number of hydrogen-bond acceptors (Lipinski definition) is 6. The fourth-order valence-corrected chi connectivity index (χ4v) is 4.73. The molecule has 2 aromatic heterocycles. The normalized spacial score (nSPS) is 12.4. The molecule has 0 atom stereocenters. The van der Waals surface area contributed by atoms with Crippen LogP contribution in [0, 0.1) is 11.3 Å². The Morgan fingerprint density at radius 2 is 1.72 bits per heavy atom. The second-order valence-corrected chi connectivity index (χ2v) is 11.4. The Balaban J connectivity index is 1.88. The van der Waals surface area contributed by atoms with Crippen LogP contribution in [0.25, 0.3) is 11.7 Å². The van der Waals surface area contributed by atoms with Crippen molar-refractivity contribution in [3.05, 3.63) is 104 Å². The van der Waals surface area contributed by atoms with Crippen LogP contribution in [0.3, 0.4) is 0 Å². The molecular formula is C27H22ClN3O4S. The lowest BCUT2D eigenvalue weighted by Crippen LogP contribution is -2.19. The molecule has 0 bridgehead atoms. The monoisotopic (exact) mass is 519 g/mol. The Morgan fingerprint density at radius 1 is 1.06 bits per heavy atom. The third-order valence-electron chi connectivity index (χ3n) is 5.47. The van der Waals surface area contributed by atoms with Crippen LogP contribution < -0.4 is 10.3 Å². The van der Waals surface area contributed by atoms with Gasteiger partial charge in [-0.25, -0.2) is 8.42 Å². The number of nitrogens with zero attached hydrogens (tertiary/aromatic N) is 3. The molecule has 0 amide bonds. The Bertz CT molecular complexity index is 1680. The van der Waals surface area contributed by atoms with E-state index in [1.807, 2.05) is 12.1 Å². The summed E-state index contributed by atoms with van der Waals surface area (Å²) in [5.41, 5.74) is 0.570. The van der Waals surface area contributed by atoms with Gasteiger partial charge in [0.15, 0.2) is 0 Å². The minimum Gasteiger partial charge on any atom is -0.438 e. The first-order valence-corrected chi connectivity index (χ1v) is 12.8. The number of rotatable bonds is 5. The van der Waals surface area contributed by atoms with E-state index in [1.165, 1.54) is 34.9 Å². The second-order valence-electron chi connectivity index (χ2n) is 9.02. The minimum absolute atomic E-state index is 0.0653. The first-order valence-electron chi connectivity index (χ1n) is 10.9. The maximum Gasteiger partial charge on any atom is 0.269 e. The summed E-state index contributed by atoms with van der Waals surface area (Å²) in [6.45, 7) is 6.26. The number of sulfone groups is 1. The number of halogens is 1. The van der Waals surface area contributed by atoms with Crippen LogP contribution in [0.15, 0.2) is 87.5 Å². The summed E-state index contributed by atoms with van der Waals surface area (Å²) >= 11 is 5.87. The van der Waals surface area contributed by atoms with E-state index in [-0.39, 0.29) is 21.8 Å². The largest absolute Gasteiger partial charge is 0.438 e. The number of fused-ring (bicyclic) bond motifs is 1. The molecule has 0 saturated heterocycles. The zero-order valence-corrected chi connectivity index (χ0v) is 21.3. The van der Waals surface area contributed by atoms with Crippen molar-refractivity contribution in [3.8, 4) is 17.7 Å². The molecule has 36 heavy (non-hydrogen) atoms. The molecule has 0 aliphatic heterocycles. The van der Waals surface area contributed by atoms with Gasteiger partial charge >= 0.3 is 0 Å². The van der Waals surface area contributed by atoms with Crippen LogP contribution in [0.2, 0.25) is 5.02 Å². The Labute approximate surface area is 213 Å². The molecule has 0 unspecified atom stereocenters. The van der Waals surface area contributed by atoms with Crippen LogP contribution in [0.4, 0.5) is 0 Å². The highest BCUT2D eigenvalue weighted by Crippen LogP contribution is 2.29. The van der Waals surface area contributed by atoms with E-state index in [0.29, 0.717) is 16.4 Å². The first-order chi connectivity index (χ1) is 17.0. The van der Waals surface area contributed by atoms with E-state index in [1.54, 1.807) is 36.4 Å². The smallest absolute Gasteiger partial charge is 0.269 e. The van der Waals surface area contributed by atoms with E-state index >= 15 is 0 Å². The molecule has 0 fully saturated rings. The standard InChI is InChI=1S/C27H22ClN3O4S/c1-27(2,3)18-7-11-20(12-8-18)35-25-23(26(32)31-15-5-4-6-24(31)30-25)16-22(17-29)36(33,34)21-13-9-19(28)10-14-21/h4-16H,1-3H3/b22-16-. The minimum atomic E-state index is -4.24. The number of hydrogen-bond donors (Lipinski definition) is 0. The van der Waals surface area contributed by atoms with Gasteiger partial charge in [-0.15, -0.1) is 0 Å². The number of aromatic nitrogens is 2. The van der Waals surface area contributed by atoms with Crippen molar-refractivity contribution in [1.29, 1.82) is 5.26 Å². The molecule has 7 nitrogen and oxygen atoms in total. The van der Waals surface area contributed by atoms with Gasteiger partial charge in [0, 0.05) is 11.2 Å². The molecule has 0 aliphatic carbocycles. The Hall–Kier alpha value is -3.93. The number of pyridine rings is 1. The lowest BCUT2D eigenvalue weighted by Gasteiger charge is -2.19. The van der Waals surface area contributed by atoms with Crippen molar-refractivity contribution in [3.63, 3.8) is 0 Å². The summed E-state index contributed by atoms with van der Waals surface area (Å²) < 4.78 is 33.5. The molecule has 0 N–H and O–H groups in total. The summed E-state index contributed by atoms with van der Waals surface area (Å²) in [7, 11) is -4.24. The van der Waals surface area contributed by atoms with E-state index in [2.05, 4.69) is 25.8 Å². The van der Waals surface area contributed by atoms with Crippen LogP contribution >= 0.6 is 11.6 Å². The van der Waals surface area contributed by atoms with Gasteiger partial charge in [0.2, 0.25) is 15.7 Å². The molecule has 2 aromatic carbocycles. The van der Waals surface area contributed by atoms with E-state index in [4.69, 9.17) is 16.3 Å². The maximum atomic E-state index is 13.4. The average Bonchev–Trinajstić information content (AvgIpc) is 2.84. The summed E-state index contributed by atoms with van der Waals surface area (Å²) in [5.74, 6) is 0.290. The molecule has 4 rings (SSSR count). The van der Waals surface area contributed by atoms with Gasteiger partial charge in [-0.2, -0.15) is 10.2 Å². The summed E-state index contributed by atoms with van der Waals surface area (Å²) in [6, 6.07) is 19.4. The van der Waals surface area contributed by atoms with Gasteiger partial charge in [-0.3, -0.25) is 9.20 Å². The highest BCUT2D eigenvalue weighted by atomic mass is 35.5. The van der Waals surface area contributed by atoms with Gasteiger partial charge in [0.1, 0.15) is 27.9 Å². The molecule has 9 heteroatoms. The fraction of sp³-hybridized carbons (Fsp3) is 0.148. The first kappa shape index (κ1) is 25.2. The number of ether oxygens (including phenoxy) is 1. The number of allylic oxidation sites excluding steroid dienone is 1. The number of benzene rings is 2. The summed E-state index contributed by atoms with van der Waals surface area (Å²) in [4.78, 5) is 17.0. The summed E-state index contributed by atoms with van der Waals surface area (Å²) in [6.07, 6.45) is 2.50. The van der Waals surface area contributed by atoms with E-state index in [9.17, 15) is 18.5 Å². The SMILES string of the molecule is CC(C)(C)c1ccc(Oc2nc3ccccn3c(=O)c2/C=C(/C#N)S(=O)(=O)c2ccc(Cl)cc2)cc1. The quantitative estimate of drug-likeness (QED) is 0.310. The van der Waals surface area contributed by atoms with Gasteiger partial charge in [-0.05, 0) is 65.6 Å². The highest BCUT2D eigenvalue weighted by molar-refractivity contribution is 7.95. The fourth-order valence-electron chi connectivity index (χ4n) is 3.46. The molecular weight excluding hydrogens is 498 g/mol. The topological polar surface area (TPSA) is 102 Å². The zero-order valence-electron chi connectivity index (χ0n) is 19.8. The van der Waals surface area contributed by atoms with Crippen LogP contribution in [-0.4, -0.2) is 17.8 Å². The Morgan fingerprint density at radius 3 is 2.33 bits per heavy atom. The zero-order chi connectivity index (χ0) is 26.1. The van der Waals surface area contributed by atoms with Gasteiger partial charge in [0.05, 0.1) is 4.90 Å². The predicted molar refractivity (Wildman–Crippen MR) is 139 cm³/mol. The molecule has 0 radical (unpaired) electrons.